The second-order valence-electron chi connectivity index (χ2n) is 4.36. The van der Waals surface area contributed by atoms with E-state index in [1.165, 1.54) is 6.08 Å². The molecule has 1 aromatic rings. The molecule has 0 saturated heterocycles. The Kier molecular flexibility index (Phi) is 3.05. The van der Waals surface area contributed by atoms with Crippen molar-refractivity contribution in [1.82, 2.24) is 5.32 Å². The topological polar surface area (TPSA) is 58.2 Å². The van der Waals surface area contributed by atoms with Crippen molar-refractivity contribution < 1.29 is 9.59 Å². The minimum atomic E-state index is -0.246. The lowest BCUT2D eigenvalue weighted by Crippen LogP contribution is -2.20. The molecule has 0 fully saturated rings. The summed E-state index contributed by atoms with van der Waals surface area (Å²) < 4.78 is 0. The van der Waals surface area contributed by atoms with Gasteiger partial charge in [0, 0.05) is 17.5 Å². The van der Waals surface area contributed by atoms with Crippen LogP contribution in [0.1, 0.15) is 10.4 Å². The van der Waals surface area contributed by atoms with Crippen molar-refractivity contribution >= 4 is 17.3 Å². The number of hydrogen-bond acceptors (Lipinski definition) is 4. The summed E-state index contributed by atoms with van der Waals surface area (Å²) in [7, 11) is 0. The van der Waals surface area contributed by atoms with Crippen LogP contribution in [0.5, 0.6) is 0 Å². The van der Waals surface area contributed by atoms with Crippen molar-refractivity contribution in [2.75, 3.05) is 5.32 Å². The van der Waals surface area contributed by atoms with Gasteiger partial charge in [-0.3, -0.25) is 9.59 Å². The van der Waals surface area contributed by atoms with E-state index in [2.05, 4.69) is 10.6 Å². The number of benzene rings is 1. The summed E-state index contributed by atoms with van der Waals surface area (Å²) in [5.41, 5.74) is 1.84. The Morgan fingerprint density at radius 2 is 1.65 bits per heavy atom. The molecule has 3 rings (SSSR count). The van der Waals surface area contributed by atoms with Gasteiger partial charge in [0.05, 0.1) is 0 Å². The Labute approximate surface area is 116 Å². The molecule has 0 radical (unpaired) electrons. The molecule has 4 nitrogen and oxygen atoms in total. The highest BCUT2D eigenvalue weighted by Crippen LogP contribution is 2.28. The molecule has 0 aliphatic carbocycles. The van der Waals surface area contributed by atoms with E-state index in [1.54, 1.807) is 42.6 Å². The first-order chi connectivity index (χ1) is 9.77. The zero-order valence-electron chi connectivity index (χ0n) is 10.6. The van der Waals surface area contributed by atoms with Gasteiger partial charge >= 0.3 is 0 Å². The van der Waals surface area contributed by atoms with E-state index in [1.807, 2.05) is 12.1 Å². The number of ketones is 2. The number of carbonyl (C=O) groups is 2. The van der Waals surface area contributed by atoms with Gasteiger partial charge in [-0.1, -0.05) is 30.4 Å². The fourth-order valence-electron chi connectivity index (χ4n) is 2.10. The van der Waals surface area contributed by atoms with Gasteiger partial charge in [-0.05, 0) is 24.3 Å². The molecule has 2 N–H and O–H groups in total. The largest absolute Gasteiger partial charge is 0.357 e. The minimum Gasteiger partial charge on any atom is -0.357 e. The van der Waals surface area contributed by atoms with Crippen LogP contribution >= 0.6 is 0 Å². The van der Waals surface area contributed by atoms with E-state index in [9.17, 15) is 9.59 Å². The smallest absolute Gasteiger partial charge is 0.213 e. The molecule has 0 amide bonds. The molecule has 0 unspecified atom stereocenters. The fourth-order valence-corrected chi connectivity index (χ4v) is 2.10. The third-order valence-corrected chi connectivity index (χ3v) is 3.06. The van der Waals surface area contributed by atoms with E-state index in [0.717, 1.165) is 5.69 Å². The number of nitrogens with one attached hydrogen (secondary N) is 2. The highest BCUT2D eigenvalue weighted by molar-refractivity contribution is 6.22. The zero-order chi connectivity index (χ0) is 13.9. The van der Waals surface area contributed by atoms with E-state index in [-0.39, 0.29) is 23.0 Å². The summed E-state index contributed by atoms with van der Waals surface area (Å²) in [6.45, 7) is 0. The van der Waals surface area contributed by atoms with Crippen LogP contribution in [-0.4, -0.2) is 11.6 Å². The van der Waals surface area contributed by atoms with Crippen molar-refractivity contribution in [3.8, 4) is 0 Å². The third-order valence-electron chi connectivity index (χ3n) is 3.06. The van der Waals surface area contributed by atoms with Gasteiger partial charge in [0.15, 0.2) is 0 Å². The highest BCUT2D eigenvalue weighted by atomic mass is 16.1. The number of carbonyl (C=O) groups excluding carboxylic acids is 2. The summed E-state index contributed by atoms with van der Waals surface area (Å²) in [6, 6.07) is 7.20. The molecule has 0 atom stereocenters. The third kappa shape index (κ3) is 2.07. The molecule has 4 heteroatoms. The molecule has 2 heterocycles. The fraction of sp³-hybridized carbons (Fsp3) is 0. The van der Waals surface area contributed by atoms with E-state index in [0.29, 0.717) is 5.56 Å². The lowest BCUT2D eigenvalue weighted by molar-refractivity contribution is -0.111. The molecule has 0 spiro atoms. The standard InChI is InChI=1S/C16H12N2O2/c19-13-9-3-1-2-6-10-17-14(13)15-16(20)11-7-4-5-8-12(11)18-15/h1-10,17-18H/b2-1-,9-3+,10-6+,15-14+. The molecule has 2 aliphatic heterocycles. The van der Waals surface area contributed by atoms with Gasteiger partial charge in [0.25, 0.3) is 0 Å². The second kappa shape index (κ2) is 5.01. The lowest BCUT2D eigenvalue weighted by Gasteiger charge is -2.07. The van der Waals surface area contributed by atoms with Crippen LogP contribution in [0.15, 0.2) is 72.2 Å². The van der Waals surface area contributed by atoms with Crippen LogP contribution in [0.25, 0.3) is 0 Å². The van der Waals surface area contributed by atoms with Gasteiger partial charge in [-0.15, -0.1) is 0 Å². The monoisotopic (exact) mass is 264 g/mol. The molecule has 1 aromatic carbocycles. The van der Waals surface area contributed by atoms with Gasteiger partial charge in [-0.2, -0.15) is 0 Å². The summed E-state index contributed by atoms with van der Waals surface area (Å²) in [6.07, 6.45) is 10.0. The van der Waals surface area contributed by atoms with Crippen molar-refractivity contribution in [1.29, 1.82) is 0 Å². The van der Waals surface area contributed by atoms with Gasteiger partial charge in [0.2, 0.25) is 11.6 Å². The second-order valence-corrected chi connectivity index (χ2v) is 4.36. The number of hydrogen-bond donors (Lipinski definition) is 2. The molecule has 0 bridgehead atoms. The maximum absolute atomic E-state index is 12.3. The zero-order valence-corrected chi connectivity index (χ0v) is 10.6. The quantitative estimate of drug-likeness (QED) is 0.706. The van der Waals surface area contributed by atoms with Crippen molar-refractivity contribution in [3.05, 3.63) is 77.8 Å². The van der Waals surface area contributed by atoms with Crippen molar-refractivity contribution in [2.45, 2.75) is 0 Å². The summed E-state index contributed by atoms with van der Waals surface area (Å²) in [4.78, 5) is 24.5. The maximum Gasteiger partial charge on any atom is 0.213 e. The maximum atomic E-state index is 12.3. The molecule has 2 aliphatic rings. The van der Waals surface area contributed by atoms with Crippen LogP contribution in [0.3, 0.4) is 0 Å². The van der Waals surface area contributed by atoms with Crippen molar-refractivity contribution in [2.24, 2.45) is 0 Å². The first kappa shape index (κ1) is 12.2. The Morgan fingerprint density at radius 3 is 2.50 bits per heavy atom. The predicted molar refractivity (Wildman–Crippen MR) is 77.0 cm³/mol. The Morgan fingerprint density at radius 1 is 0.850 bits per heavy atom. The highest BCUT2D eigenvalue weighted by Gasteiger charge is 2.28. The van der Waals surface area contributed by atoms with Crippen molar-refractivity contribution in [3.63, 3.8) is 0 Å². The van der Waals surface area contributed by atoms with E-state index >= 15 is 0 Å². The Bertz CT molecular complexity index is 709. The molecular formula is C16H12N2O2. The van der Waals surface area contributed by atoms with E-state index < -0.39 is 0 Å². The molecule has 98 valence electrons. The number of rotatable bonds is 0. The summed E-state index contributed by atoms with van der Waals surface area (Å²) >= 11 is 0. The number of anilines is 1. The normalized spacial score (nSPS) is 25.6. The average Bonchev–Trinajstić information content (AvgIpc) is 2.83. The SMILES string of the molecule is O=C1/C=C/C=C\C=C\N/C1=C1/Nc2ccccc2C1=O. The number of Topliss-reactive ketones (excluding diaryl/α,β-unsaturated/α-hetero) is 1. The molecule has 20 heavy (non-hydrogen) atoms. The summed E-state index contributed by atoms with van der Waals surface area (Å²) in [5, 5.41) is 5.89. The molecule has 0 saturated carbocycles. The van der Waals surface area contributed by atoms with Gasteiger partial charge in [-0.25, -0.2) is 0 Å². The van der Waals surface area contributed by atoms with Crippen LogP contribution in [0, 0.1) is 0 Å². The molecular weight excluding hydrogens is 252 g/mol. The molecule has 0 aromatic heterocycles. The van der Waals surface area contributed by atoms with Crippen LogP contribution in [-0.2, 0) is 4.79 Å². The first-order valence-corrected chi connectivity index (χ1v) is 6.23. The van der Waals surface area contributed by atoms with Gasteiger partial charge in [0.1, 0.15) is 11.4 Å². The minimum absolute atomic E-state index is 0.176. The number of para-hydroxylation sites is 1. The predicted octanol–water partition coefficient (Wildman–Crippen LogP) is 2.30. The Balaban J connectivity index is 2.07. The van der Waals surface area contributed by atoms with Crippen LogP contribution < -0.4 is 10.6 Å². The number of fused-ring (bicyclic) bond motifs is 1. The average molecular weight is 264 g/mol. The lowest BCUT2D eigenvalue weighted by atomic mass is 10.1. The van der Waals surface area contributed by atoms with Crippen LogP contribution in [0.2, 0.25) is 0 Å². The van der Waals surface area contributed by atoms with Gasteiger partial charge < -0.3 is 10.6 Å². The number of allylic oxidation sites excluding steroid dienone is 6. The Hall–Kier alpha value is -2.88. The van der Waals surface area contributed by atoms with E-state index in [4.69, 9.17) is 0 Å². The summed E-state index contributed by atoms with van der Waals surface area (Å²) in [5.74, 6) is -0.421. The van der Waals surface area contributed by atoms with Crippen LogP contribution in [0.4, 0.5) is 5.69 Å². The first-order valence-electron chi connectivity index (χ1n) is 6.23.